The molecule has 0 saturated heterocycles. The van der Waals surface area contributed by atoms with Gasteiger partial charge in [-0.25, -0.2) is 4.79 Å². The minimum absolute atomic E-state index is 0.130. The molecule has 4 nitrogen and oxygen atoms in total. The van der Waals surface area contributed by atoms with Gasteiger partial charge in [0.2, 0.25) is 0 Å². The zero-order chi connectivity index (χ0) is 12.5. The number of oxazole rings is 1. The van der Waals surface area contributed by atoms with Crippen LogP contribution in [0.5, 0.6) is 0 Å². The Hall–Kier alpha value is -1.84. The summed E-state index contributed by atoms with van der Waals surface area (Å²) >= 11 is 0. The van der Waals surface area contributed by atoms with E-state index in [-0.39, 0.29) is 18.2 Å². The molecular weight excluding hydrogens is 230 g/mol. The highest BCUT2D eigenvalue weighted by molar-refractivity contribution is 5.83. The molecule has 0 amide bonds. The Morgan fingerprint density at radius 2 is 2.00 bits per heavy atom. The van der Waals surface area contributed by atoms with Crippen LogP contribution in [0.4, 0.5) is 0 Å². The Kier molecular flexibility index (Phi) is 2.78. The number of aromatic nitrogens is 1. The van der Waals surface area contributed by atoms with E-state index in [1.54, 1.807) is 6.07 Å². The summed E-state index contributed by atoms with van der Waals surface area (Å²) in [6.45, 7) is 0.139. The van der Waals surface area contributed by atoms with Gasteiger partial charge < -0.3 is 4.42 Å². The third kappa shape index (κ3) is 1.88. The van der Waals surface area contributed by atoms with Crippen molar-refractivity contribution >= 4 is 16.9 Å². The van der Waals surface area contributed by atoms with Crippen molar-refractivity contribution in [2.45, 2.75) is 32.2 Å². The lowest BCUT2D eigenvalue weighted by Gasteiger charge is -2.07. The molecule has 1 aromatic heterocycles. The third-order valence-corrected chi connectivity index (χ3v) is 3.70. The maximum Gasteiger partial charge on any atom is 0.420 e. The van der Waals surface area contributed by atoms with Crippen molar-refractivity contribution in [2.24, 2.45) is 5.92 Å². The molecule has 1 aliphatic carbocycles. The average Bonchev–Trinajstić information content (AvgIpc) is 2.98. The van der Waals surface area contributed by atoms with Crippen molar-refractivity contribution < 1.29 is 9.21 Å². The highest BCUT2D eigenvalue weighted by atomic mass is 16.4. The second-order valence-corrected chi connectivity index (χ2v) is 4.87. The molecular formula is C14H15NO3. The van der Waals surface area contributed by atoms with Crippen LogP contribution < -0.4 is 5.76 Å². The summed E-state index contributed by atoms with van der Waals surface area (Å²) in [5, 5.41) is 0. The SMILES string of the molecule is O=C(Cn1c(=O)oc2ccccc21)C1CCCC1. The van der Waals surface area contributed by atoms with E-state index in [9.17, 15) is 9.59 Å². The van der Waals surface area contributed by atoms with Gasteiger partial charge in [-0.05, 0) is 25.0 Å². The molecule has 0 spiro atoms. The lowest BCUT2D eigenvalue weighted by atomic mass is 10.0. The van der Waals surface area contributed by atoms with Gasteiger partial charge in [0.1, 0.15) is 0 Å². The molecule has 0 unspecified atom stereocenters. The van der Waals surface area contributed by atoms with Crippen LogP contribution in [-0.4, -0.2) is 10.4 Å². The number of benzene rings is 1. The van der Waals surface area contributed by atoms with Crippen LogP contribution in [0.1, 0.15) is 25.7 Å². The molecule has 1 aromatic carbocycles. The summed E-state index contributed by atoms with van der Waals surface area (Å²) in [5.74, 6) is -0.158. The van der Waals surface area contributed by atoms with Gasteiger partial charge in [-0.3, -0.25) is 9.36 Å². The predicted octanol–water partition coefficient (Wildman–Crippen LogP) is 2.35. The number of Topliss-reactive ketones (excluding diaryl/α,β-unsaturated/α-hetero) is 1. The van der Waals surface area contributed by atoms with Crippen LogP contribution in [0, 0.1) is 5.92 Å². The monoisotopic (exact) mass is 245 g/mol. The highest BCUT2D eigenvalue weighted by Gasteiger charge is 2.24. The number of hydrogen-bond acceptors (Lipinski definition) is 3. The van der Waals surface area contributed by atoms with E-state index in [4.69, 9.17) is 4.42 Å². The van der Waals surface area contributed by atoms with Crippen LogP contribution in [0.3, 0.4) is 0 Å². The van der Waals surface area contributed by atoms with Gasteiger partial charge in [-0.2, -0.15) is 0 Å². The van der Waals surface area contributed by atoms with Crippen molar-refractivity contribution in [1.82, 2.24) is 4.57 Å². The zero-order valence-corrected chi connectivity index (χ0v) is 10.1. The smallest absolute Gasteiger partial charge is 0.408 e. The highest BCUT2D eigenvalue weighted by Crippen LogP contribution is 2.26. The second-order valence-electron chi connectivity index (χ2n) is 4.87. The minimum Gasteiger partial charge on any atom is -0.408 e. The summed E-state index contributed by atoms with van der Waals surface area (Å²) in [4.78, 5) is 23.8. The molecule has 3 rings (SSSR count). The molecule has 0 atom stereocenters. The fraction of sp³-hybridized carbons (Fsp3) is 0.429. The Morgan fingerprint density at radius 3 is 2.78 bits per heavy atom. The van der Waals surface area contributed by atoms with E-state index in [2.05, 4.69) is 0 Å². The normalized spacial score (nSPS) is 16.4. The van der Waals surface area contributed by atoms with Crippen molar-refractivity contribution in [3.63, 3.8) is 0 Å². The molecule has 4 heteroatoms. The minimum atomic E-state index is -0.442. The first-order valence-corrected chi connectivity index (χ1v) is 6.37. The van der Waals surface area contributed by atoms with E-state index in [1.807, 2.05) is 18.2 Å². The zero-order valence-electron chi connectivity index (χ0n) is 10.1. The Morgan fingerprint density at radius 1 is 1.28 bits per heavy atom. The number of rotatable bonds is 3. The van der Waals surface area contributed by atoms with Gasteiger partial charge in [0.05, 0.1) is 12.1 Å². The number of para-hydroxylation sites is 2. The van der Waals surface area contributed by atoms with Crippen molar-refractivity contribution in [3.8, 4) is 0 Å². The van der Waals surface area contributed by atoms with Gasteiger partial charge >= 0.3 is 5.76 Å². The standard InChI is InChI=1S/C14H15NO3/c16-12(10-5-1-2-6-10)9-15-11-7-3-4-8-13(11)18-14(15)17/h3-4,7-8,10H,1-2,5-6,9H2. The molecule has 1 saturated carbocycles. The fourth-order valence-corrected chi connectivity index (χ4v) is 2.70. The van der Waals surface area contributed by atoms with Crippen LogP contribution in [0.25, 0.3) is 11.1 Å². The first-order chi connectivity index (χ1) is 8.75. The molecule has 0 N–H and O–H groups in total. The van der Waals surface area contributed by atoms with Crippen LogP contribution in [-0.2, 0) is 11.3 Å². The van der Waals surface area contributed by atoms with Gasteiger partial charge in [0.15, 0.2) is 11.4 Å². The molecule has 1 aliphatic rings. The van der Waals surface area contributed by atoms with Gasteiger partial charge in [0, 0.05) is 5.92 Å². The first kappa shape index (κ1) is 11.3. The second kappa shape index (κ2) is 4.44. The topological polar surface area (TPSA) is 52.2 Å². The average molecular weight is 245 g/mol. The number of carbonyl (C=O) groups is 1. The first-order valence-electron chi connectivity index (χ1n) is 6.37. The molecule has 0 bridgehead atoms. The predicted molar refractivity (Wildman–Crippen MR) is 67.4 cm³/mol. The van der Waals surface area contributed by atoms with E-state index < -0.39 is 5.76 Å². The van der Waals surface area contributed by atoms with E-state index in [1.165, 1.54) is 4.57 Å². The summed E-state index contributed by atoms with van der Waals surface area (Å²) < 4.78 is 6.56. The third-order valence-electron chi connectivity index (χ3n) is 3.70. The van der Waals surface area contributed by atoms with Gasteiger partial charge in [-0.1, -0.05) is 25.0 Å². The van der Waals surface area contributed by atoms with E-state index >= 15 is 0 Å². The van der Waals surface area contributed by atoms with Crippen LogP contribution in [0.15, 0.2) is 33.5 Å². The van der Waals surface area contributed by atoms with E-state index in [0.29, 0.717) is 11.1 Å². The van der Waals surface area contributed by atoms with Crippen LogP contribution >= 0.6 is 0 Å². The number of carbonyl (C=O) groups excluding carboxylic acids is 1. The molecule has 94 valence electrons. The van der Waals surface area contributed by atoms with Crippen molar-refractivity contribution in [2.75, 3.05) is 0 Å². The summed E-state index contributed by atoms with van der Waals surface area (Å²) in [6, 6.07) is 7.21. The maximum atomic E-state index is 12.1. The Balaban J connectivity index is 1.92. The van der Waals surface area contributed by atoms with E-state index in [0.717, 1.165) is 25.7 Å². The quantitative estimate of drug-likeness (QED) is 0.834. The maximum absolute atomic E-state index is 12.1. The van der Waals surface area contributed by atoms with Crippen molar-refractivity contribution in [3.05, 3.63) is 34.8 Å². The van der Waals surface area contributed by atoms with Crippen LogP contribution in [0.2, 0.25) is 0 Å². The molecule has 0 aliphatic heterocycles. The molecule has 1 fully saturated rings. The Labute approximate surface area is 104 Å². The number of ketones is 1. The lowest BCUT2D eigenvalue weighted by molar-refractivity contribution is -0.123. The molecule has 2 aromatic rings. The summed E-state index contributed by atoms with van der Waals surface area (Å²) in [6.07, 6.45) is 4.17. The number of nitrogens with zero attached hydrogens (tertiary/aromatic N) is 1. The Bertz CT molecular complexity index is 632. The van der Waals surface area contributed by atoms with Gasteiger partial charge in [0.25, 0.3) is 0 Å². The lowest BCUT2D eigenvalue weighted by Crippen LogP contribution is -2.24. The largest absolute Gasteiger partial charge is 0.420 e. The fourth-order valence-electron chi connectivity index (χ4n) is 2.70. The molecule has 1 heterocycles. The number of hydrogen-bond donors (Lipinski definition) is 0. The molecule has 18 heavy (non-hydrogen) atoms. The molecule has 0 radical (unpaired) electrons. The van der Waals surface area contributed by atoms with Crippen molar-refractivity contribution in [1.29, 1.82) is 0 Å². The summed E-state index contributed by atoms with van der Waals surface area (Å²) in [5.41, 5.74) is 1.25. The van der Waals surface area contributed by atoms with Gasteiger partial charge in [-0.15, -0.1) is 0 Å². The summed E-state index contributed by atoms with van der Waals surface area (Å²) in [7, 11) is 0. The number of fused-ring (bicyclic) bond motifs is 1.